The van der Waals surface area contributed by atoms with E-state index in [1.54, 1.807) is 7.11 Å². The van der Waals surface area contributed by atoms with Crippen molar-refractivity contribution in [3.63, 3.8) is 0 Å². The zero-order valence-electron chi connectivity index (χ0n) is 24.9. The van der Waals surface area contributed by atoms with Gasteiger partial charge >= 0.3 is 11.9 Å². The summed E-state index contributed by atoms with van der Waals surface area (Å²) < 4.78 is 11.5. The number of hydrogen-bond acceptors (Lipinski definition) is 5. The molecule has 2 aromatic carbocycles. The summed E-state index contributed by atoms with van der Waals surface area (Å²) in [7, 11) is 1.56. The van der Waals surface area contributed by atoms with E-state index < -0.39 is 11.4 Å². The van der Waals surface area contributed by atoms with Crippen molar-refractivity contribution >= 4 is 23.5 Å². The minimum atomic E-state index is -0.930. The second-order valence-electron chi connectivity index (χ2n) is 12.6. The van der Waals surface area contributed by atoms with Crippen molar-refractivity contribution in [2.24, 2.45) is 5.92 Å². The van der Waals surface area contributed by atoms with Crippen LogP contribution in [0.5, 0.6) is 5.75 Å². The molecule has 5 rings (SSSR count). The van der Waals surface area contributed by atoms with Crippen LogP contribution < -0.4 is 10.1 Å². The smallest absolute Gasteiger partial charge is 0.314 e. The fraction of sp³-hybridized carbons (Fsp3) is 0.571. The first-order chi connectivity index (χ1) is 20.4. The summed E-state index contributed by atoms with van der Waals surface area (Å²) in [5.41, 5.74) is 2.51. The molecule has 3 fully saturated rings. The van der Waals surface area contributed by atoms with Crippen molar-refractivity contribution in [1.82, 2.24) is 0 Å². The highest BCUT2D eigenvalue weighted by atomic mass is 16.5. The van der Waals surface area contributed by atoms with E-state index in [9.17, 15) is 19.5 Å². The number of methoxy groups -OCH3 is 1. The van der Waals surface area contributed by atoms with Gasteiger partial charge in [0.05, 0.1) is 24.9 Å². The predicted octanol–water partition coefficient (Wildman–Crippen LogP) is 7.31. The lowest BCUT2D eigenvalue weighted by Gasteiger charge is -2.34. The number of aliphatic carboxylic acids is 1. The molecule has 226 valence electrons. The van der Waals surface area contributed by atoms with Crippen molar-refractivity contribution < 1.29 is 29.0 Å². The second-order valence-corrected chi connectivity index (χ2v) is 12.6. The predicted molar refractivity (Wildman–Crippen MR) is 162 cm³/mol. The standard InChI is InChI=1S/C35H45NO6/c1-41-31-21-24(13-18-30(31)35(34(39)40)19-6-3-7-20-35)22-32(37)36-28-12-8-11-27(23-28)25-14-16-29(17-15-25)42-33(38)26-9-4-2-5-10-26/h8,11-13,18,21,23,25-26,29H,2-7,9-10,14-17,19-20,22H2,1H3,(H,36,37)(H,39,40)/t25-,29+. The molecule has 1 amide bonds. The van der Waals surface area contributed by atoms with Crippen LogP contribution in [0.15, 0.2) is 42.5 Å². The second kappa shape index (κ2) is 13.7. The third-order valence-electron chi connectivity index (χ3n) is 9.80. The number of rotatable bonds is 9. The van der Waals surface area contributed by atoms with Crippen LogP contribution in [0.25, 0.3) is 0 Å². The normalized spacial score (nSPS) is 22.6. The van der Waals surface area contributed by atoms with Crippen LogP contribution in [0.2, 0.25) is 0 Å². The SMILES string of the molecule is COc1cc(CC(=O)Nc2cccc([C@H]3CC[C@@H](OC(=O)C4CCCCC4)CC3)c2)ccc1C1(C(=O)O)CCCCC1. The Morgan fingerprint density at radius 1 is 0.881 bits per heavy atom. The van der Waals surface area contributed by atoms with Gasteiger partial charge in [-0.2, -0.15) is 0 Å². The number of ether oxygens (including phenoxy) is 2. The molecule has 3 aliphatic carbocycles. The summed E-state index contributed by atoms with van der Waals surface area (Å²) in [4.78, 5) is 37.9. The van der Waals surface area contributed by atoms with Gasteiger partial charge in [-0.25, -0.2) is 0 Å². The van der Waals surface area contributed by atoms with Crippen molar-refractivity contribution in [3.8, 4) is 5.75 Å². The van der Waals surface area contributed by atoms with Gasteiger partial charge in [0.25, 0.3) is 0 Å². The molecule has 0 radical (unpaired) electrons. The molecule has 0 spiro atoms. The van der Waals surface area contributed by atoms with Gasteiger partial charge in [0, 0.05) is 11.3 Å². The monoisotopic (exact) mass is 575 g/mol. The van der Waals surface area contributed by atoms with E-state index in [0.29, 0.717) is 30.1 Å². The van der Waals surface area contributed by atoms with Crippen molar-refractivity contribution in [2.75, 3.05) is 12.4 Å². The minimum absolute atomic E-state index is 0.00509. The van der Waals surface area contributed by atoms with Crippen molar-refractivity contribution in [2.45, 2.75) is 114 Å². The largest absolute Gasteiger partial charge is 0.496 e. The van der Waals surface area contributed by atoms with E-state index in [2.05, 4.69) is 17.4 Å². The maximum absolute atomic E-state index is 13.0. The van der Waals surface area contributed by atoms with Crippen molar-refractivity contribution in [3.05, 3.63) is 59.2 Å². The molecule has 0 saturated heterocycles. The lowest BCUT2D eigenvalue weighted by Crippen LogP contribution is -2.38. The van der Waals surface area contributed by atoms with Crippen LogP contribution in [0, 0.1) is 5.92 Å². The first kappa shape index (κ1) is 30.1. The number of carbonyl (C=O) groups is 3. The number of benzene rings is 2. The van der Waals surface area contributed by atoms with Gasteiger partial charge in [-0.1, -0.05) is 62.8 Å². The van der Waals surface area contributed by atoms with Gasteiger partial charge < -0.3 is 19.9 Å². The summed E-state index contributed by atoms with van der Waals surface area (Å²) in [6.45, 7) is 0. The van der Waals surface area contributed by atoms with E-state index in [-0.39, 0.29) is 30.3 Å². The van der Waals surface area contributed by atoms with E-state index >= 15 is 0 Å². The molecular formula is C35H45NO6. The van der Waals surface area contributed by atoms with Crippen LogP contribution in [0.3, 0.4) is 0 Å². The first-order valence-electron chi connectivity index (χ1n) is 15.9. The van der Waals surface area contributed by atoms with Gasteiger partial charge in [-0.05, 0) is 86.6 Å². The Morgan fingerprint density at radius 2 is 1.60 bits per heavy atom. The Balaban J connectivity index is 1.16. The van der Waals surface area contributed by atoms with E-state index in [4.69, 9.17) is 9.47 Å². The van der Waals surface area contributed by atoms with Crippen LogP contribution >= 0.6 is 0 Å². The third-order valence-corrected chi connectivity index (χ3v) is 9.80. The Morgan fingerprint density at radius 3 is 2.29 bits per heavy atom. The maximum Gasteiger partial charge on any atom is 0.314 e. The maximum atomic E-state index is 13.0. The molecule has 3 aliphatic rings. The molecule has 0 unspecified atom stereocenters. The lowest BCUT2D eigenvalue weighted by molar-refractivity contribution is -0.156. The first-order valence-corrected chi connectivity index (χ1v) is 15.9. The van der Waals surface area contributed by atoms with Crippen molar-refractivity contribution in [1.29, 1.82) is 0 Å². The number of hydrogen-bond donors (Lipinski definition) is 2. The average Bonchev–Trinajstić information content (AvgIpc) is 3.02. The molecule has 0 bridgehead atoms. The summed E-state index contributed by atoms with van der Waals surface area (Å²) in [6, 6.07) is 13.6. The molecule has 0 aliphatic heterocycles. The molecule has 42 heavy (non-hydrogen) atoms. The minimum Gasteiger partial charge on any atom is -0.496 e. The molecule has 0 heterocycles. The summed E-state index contributed by atoms with van der Waals surface area (Å²) >= 11 is 0. The zero-order valence-corrected chi connectivity index (χ0v) is 24.9. The van der Waals surface area contributed by atoms with Gasteiger partial charge in [-0.15, -0.1) is 0 Å². The molecule has 7 heteroatoms. The molecule has 3 saturated carbocycles. The summed E-state index contributed by atoms with van der Waals surface area (Å²) in [5, 5.41) is 13.2. The molecule has 7 nitrogen and oxygen atoms in total. The zero-order chi connectivity index (χ0) is 29.5. The fourth-order valence-corrected chi connectivity index (χ4v) is 7.37. The summed E-state index contributed by atoms with van der Waals surface area (Å²) in [6.07, 6.45) is 13.3. The number of esters is 1. The molecule has 2 aromatic rings. The number of amides is 1. The number of carboxylic acid groups (broad SMARTS) is 1. The highest BCUT2D eigenvalue weighted by molar-refractivity contribution is 5.92. The average molecular weight is 576 g/mol. The Hall–Kier alpha value is -3.35. The molecule has 0 aromatic heterocycles. The molecular weight excluding hydrogens is 530 g/mol. The van der Waals surface area contributed by atoms with Gasteiger partial charge in [0.1, 0.15) is 11.9 Å². The van der Waals surface area contributed by atoms with Crippen LogP contribution in [-0.2, 0) is 31.0 Å². The number of carbonyl (C=O) groups excluding carboxylic acids is 2. The summed E-state index contributed by atoms with van der Waals surface area (Å²) in [5.74, 6) is 0.0709. The highest BCUT2D eigenvalue weighted by Gasteiger charge is 2.43. The van der Waals surface area contributed by atoms with Gasteiger partial charge in [0.15, 0.2) is 0 Å². The van der Waals surface area contributed by atoms with Gasteiger partial charge in [-0.3, -0.25) is 14.4 Å². The van der Waals surface area contributed by atoms with E-state index in [1.165, 1.54) is 12.0 Å². The number of carboxylic acids is 1. The fourth-order valence-electron chi connectivity index (χ4n) is 7.37. The Labute approximate surface area is 249 Å². The number of anilines is 1. The van der Waals surface area contributed by atoms with E-state index in [1.807, 2.05) is 30.3 Å². The van der Waals surface area contributed by atoms with Crippen LogP contribution in [0.1, 0.15) is 112 Å². The number of nitrogens with one attached hydrogen (secondary N) is 1. The van der Waals surface area contributed by atoms with Gasteiger partial charge in [0.2, 0.25) is 5.91 Å². The van der Waals surface area contributed by atoms with E-state index in [0.717, 1.165) is 81.9 Å². The topological polar surface area (TPSA) is 102 Å². The highest BCUT2D eigenvalue weighted by Crippen LogP contribution is 2.44. The Bertz CT molecular complexity index is 1250. The molecule has 0 atom stereocenters. The van der Waals surface area contributed by atoms with Crippen LogP contribution in [0.4, 0.5) is 5.69 Å². The third kappa shape index (κ3) is 6.99. The Kier molecular flexibility index (Phi) is 9.86. The molecule has 2 N–H and O–H groups in total. The lowest BCUT2D eigenvalue weighted by atomic mass is 9.69. The quantitative estimate of drug-likeness (QED) is 0.304. The van der Waals surface area contributed by atoms with Crippen LogP contribution in [-0.4, -0.2) is 36.2 Å².